The van der Waals surface area contributed by atoms with Crippen molar-refractivity contribution in [3.05, 3.63) is 59.4 Å². The number of hydrogen-bond acceptors (Lipinski definition) is 4. The minimum atomic E-state index is -3.54. The van der Waals surface area contributed by atoms with Crippen molar-refractivity contribution in [2.75, 3.05) is 26.2 Å². The van der Waals surface area contributed by atoms with Gasteiger partial charge >= 0.3 is 0 Å². The Labute approximate surface area is 157 Å². The van der Waals surface area contributed by atoms with Crippen LogP contribution in [0.4, 0.5) is 0 Å². The van der Waals surface area contributed by atoms with E-state index in [2.05, 4.69) is 14.9 Å². The Hall–Kier alpha value is -1.93. The van der Waals surface area contributed by atoms with Gasteiger partial charge in [-0.25, -0.2) is 13.4 Å². The summed E-state index contributed by atoms with van der Waals surface area (Å²) < 4.78 is 27.6. The minimum Gasteiger partial charge on any atom is -0.345 e. The lowest BCUT2D eigenvalue weighted by atomic mass is 10.2. The molecule has 0 atom stereocenters. The quantitative estimate of drug-likeness (QED) is 0.743. The molecule has 6 nitrogen and oxygen atoms in total. The summed E-state index contributed by atoms with van der Waals surface area (Å²) in [5, 5.41) is 1.37. The van der Waals surface area contributed by atoms with E-state index in [1.165, 1.54) is 6.20 Å². The van der Waals surface area contributed by atoms with E-state index in [9.17, 15) is 8.42 Å². The number of sulfonamides is 1. The molecule has 1 saturated heterocycles. The molecule has 0 aliphatic carbocycles. The zero-order valence-corrected chi connectivity index (χ0v) is 15.7. The summed E-state index contributed by atoms with van der Waals surface area (Å²) in [5.41, 5.74) is 1.65. The van der Waals surface area contributed by atoms with Gasteiger partial charge in [-0.3, -0.25) is 4.90 Å². The van der Waals surface area contributed by atoms with Gasteiger partial charge in [0.1, 0.15) is 10.5 Å². The lowest BCUT2D eigenvalue weighted by molar-refractivity contribution is 0.181. The van der Waals surface area contributed by atoms with Crippen molar-refractivity contribution < 1.29 is 8.42 Å². The van der Waals surface area contributed by atoms with Crippen LogP contribution in [0.25, 0.3) is 11.0 Å². The normalized spacial score (nSPS) is 17.0. The number of fused-ring (bicyclic) bond motifs is 1. The van der Waals surface area contributed by atoms with Crippen LogP contribution < -0.4 is 0 Å². The molecule has 0 radical (unpaired) electrons. The van der Waals surface area contributed by atoms with Gasteiger partial charge in [-0.05, 0) is 23.8 Å². The van der Waals surface area contributed by atoms with Gasteiger partial charge in [0, 0.05) is 55.5 Å². The number of pyridine rings is 1. The van der Waals surface area contributed by atoms with Crippen LogP contribution >= 0.6 is 11.6 Å². The first kappa shape index (κ1) is 17.5. The molecular formula is C18H19ClN4O2S. The van der Waals surface area contributed by atoms with E-state index < -0.39 is 10.0 Å². The fourth-order valence-electron chi connectivity index (χ4n) is 3.28. The van der Waals surface area contributed by atoms with Crippen molar-refractivity contribution in [1.82, 2.24) is 19.2 Å². The number of nitrogens with one attached hydrogen (secondary N) is 1. The number of piperazine rings is 1. The van der Waals surface area contributed by atoms with Gasteiger partial charge < -0.3 is 4.98 Å². The van der Waals surface area contributed by atoms with Crippen molar-refractivity contribution in [2.45, 2.75) is 11.4 Å². The molecule has 1 aliphatic rings. The topological polar surface area (TPSA) is 69.3 Å². The highest BCUT2D eigenvalue weighted by atomic mass is 35.5. The third kappa shape index (κ3) is 3.23. The van der Waals surface area contributed by atoms with E-state index >= 15 is 0 Å². The maximum absolute atomic E-state index is 13.0. The third-order valence-corrected chi connectivity index (χ3v) is 7.02. The van der Waals surface area contributed by atoms with Gasteiger partial charge in [0.25, 0.3) is 0 Å². The monoisotopic (exact) mass is 390 g/mol. The molecule has 4 rings (SSSR count). The molecule has 2 aromatic heterocycles. The van der Waals surface area contributed by atoms with Gasteiger partial charge in [-0.15, -0.1) is 0 Å². The lowest BCUT2D eigenvalue weighted by Gasteiger charge is -2.34. The molecule has 0 unspecified atom stereocenters. The van der Waals surface area contributed by atoms with Crippen molar-refractivity contribution in [3.8, 4) is 0 Å². The van der Waals surface area contributed by atoms with Gasteiger partial charge in [0.2, 0.25) is 10.0 Å². The maximum atomic E-state index is 13.0. The summed E-state index contributed by atoms with van der Waals surface area (Å²) in [7, 11) is -3.54. The van der Waals surface area contributed by atoms with Crippen molar-refractivity contribution in [3.63, 3.8) is 0 Å². The highest BCUT2D eigenvalue weighted by Crippen LogP contribution is 2.25. The predicted octanol–water partition coefficient (Wildman–Crippen LogP) is 2.72. The zero-order chi connectivity index (χ0) is 18.1. The van der Waals surface area contributed by atoms with Crippen LogP contribution in [0, 0.1) is 0 Å². The average Bonchev–Trinajstić information content (AvgIpc) is 3.09. The summed E-state index contributed by atoms with van der Waals surface area (Å²) in [6.45, 7) is 2.99. The molecular weight excluding hydrogens is 372 g/mol. The van der Waals surface area contributed by atoms with Crippen molar-refractivity contribution in [2.24, 2.45) is 0 Å². The second-order valence-electron chi connectivity index (χ2n) is 6.32. The van der Waals surface area contributed by atoms with Crippen LogP contribution in [0.2, 0.25) is 5.02 Å². The second kappa shape index (κ2) is 7.00. The first-order valence-corrected chi connectivity index (χ1v) is 10.3. The lowest BCUT2D eigenvalue weighted by Crippen LogP contribution is -2.48. The van der Waals surface area contributed by atoms with Crippen LogP contribution in [-0.2, 0) is 16.6 Å². The molecule has 1 aromatic carbocycles. The number of H-pyrrole nitrogens is 1. The molecule has 136 valence electrons. The molecule has 0 spiro atoms. The molecule has 1 aliphatic heterocycles. The second-order valence-corrected chi connectivity index (χ2v) is 8.64. The van der Waals surface area contributed by atoms with Crippen molar-refractivity contribution in [1.29, 1.82) is 0 Å². The van der Waals surface area contributed by atoms with Crippen molar-refractivity contribution >= 4 is 32.7 Å². The summed E-state index contributed by atoms with van der Waals surface area (Å²) in [6.07, 6.45) is 3.17. The molecule has 0 bridgehead atoms. The van der Waals surface area contributed by atoms with Crippen LogP contribution in [0.5, 0.6) is 0 Å². The molecule has 1 N–H and O–H groups in total. The summed E-state index contributed by atoms with van der Waals surface area (Å²) in [4.78, 5) is 9.63. The Morgan fingerprint density at radius 2 is 1.85 bits per heavy atom. The smallest absolute Gasteiger partial charge is 0.245 e. The Balaban J connectivity index is 1.48. The number of halogens is 1. The molecule has 0 saturated carbocycles. The van der Waals surface area contributed by atoms with E-state index in [4.69, 9.17) is 11.6 Å². The summed E-state index contributed by atoms with van der Waals surface area (Å²) >= 11 is 6.23. The van der Waals surface area contributed by atoms with Gasteiger partial charge in [-0.2, -0.15) is 4.31 Å². The molecule has 26 heavy (non-hydrogen) atoms. The molecule has 3 heterocycles. The highest BCUT2D eigenvalue weighted by molar-refractivity contribution is 7.89. The number of aromatic amines is 1. The number of rotatable bonds is 4. The molecule has 8 heteroatoms. The molecule has 1 fully saturated rings. The van der Waals surface area contributed by atoms with Crippen LogP contribution in [0.15, 0.2) is 53.7 Å². The Kier molecular flexibility index (Phi) is 4.71. The zero-order valence-electron chi connectivity index (χ0n) is 14.1. The van der Waals surface area contributed by atoms with E-state index in [0.717, 1.165) is 17.1 Å². The first-order chi connectivity index (χ1) is 12.6. The number of aromatic nitrogens is 2. The Bertz CT molecular complexity index is 1030. The van der Waals surface area contributed by atoms with E-state index in [-0.39, 0.29) is 0 Å². The Morgan fingerprint density at radius 1 is 1.08 bits per heavy atom. The largest absolute Gasteiger partial charge is 0.345 e. The fraction of sp³-hybridized carbons (Fsp3) is 0.278. The Morgan fingerprint density at radius 3 is 2.62 bits per heavy atom. The molecule has 0 amide bonds. The van der Waals surface area contributed by atoms with Crippen LogP contribution in [0.1, 0.15) is 5.56 Å². The van der Waals surface area contributed by atoms with E-state index in [1.807, 2.05) is 24.3 Å². The SMILES string of the molecule is O=S(=O)(c1c[nH]c2ncccc12)N1CCN(Cc2ccccc2Cl)CC1. The predicted molar refractivity (Wildman–Crippen MR) is 102 cm³/mol. The summed E-state index contributed by atoms with van der Waals surface area (Å²) in [5.74, 6) is 0. The first-order valence-electron chi connectivity index (χ1n) is 8.44. The van der Waals surface area contributed by atoms with Crippen LogP contribution in [-0.4, -0.2) is 53.8 Å². The molecule has 3 aromatic rings. The van der Waals surface area contributed by atoms with E-state index in [0.29, 0.717) is 42.1 Å². The van der Waals surface area contributed by atoms with Gasteiger partial charge in [-0.1, -0.05) is 29.8 Å². The summed E-state index contributed by atoms with van der Waals surface area (Å²) in [6, 6.07) is 11.3. The highest BCUT2D eigenvalue weighted by Gasteiger charge is 2.30. The third-order valence-electron chi connectivity index (χ3n) is 4.71. The maximum Gasteiger partial charge on any atom is 0.245 e. The van der Waals surface area contributed by atoms with Crippen LogP contribution in [0.3, 0.4) is 0 Å². The van der Waals surface area contributed by atoms with Gasteiger partial charge in [0.05, 0.1) is 0 Å². The number of hydrogen-bond donors (Lipinski definition) is 1. The number of benzene rings is 1. The average molecular weight is 391 g/mol. The van der Waals surface area contributed by atoms with Gasteiger partial charge in [0.15, 0.2) is 0 Å². The minimum absolute atomic E-state index is 0.292. The number of nitrogens with zero attached hydrogens (tertiary/aromatic N) is 3. The standard InChI is InChI=1S/C18H19ClN4O2S/c19-16-6-2-1-4-14(16)13-22-8-10-23(11-9-22)26(24,25)17-12-21-18-15(17)5-3-7-20-18/h1-7,12H,8-11,13H2,(H,20,21). The van der Waals surface area contributed by atoms with E-state index in [1.54, 1.807) is 22.6 Å². The fourth-order valence-corrected chi connectivity index (χ4v) is 5.05.